The van der Waals surface area contributed by atoms with Gasteiger partial charge in [0, 0.05) is 6.20 Å². The quantitative estimate of drug-likeness (QED) is 0.552. The van der Waals surface area contributed by atoms with Crippen LogP contribution in [0.1, 0.15) is 0 Å². The first-order chi connectivity index (χ1) is 4.84. The van der Waals surface area contributed by atoms with Gasteiger partial charge in [-0.15, -0.1) is 0 Å². The van der Waals surface area contributed by atoms with Crippen molar-refractivity contribution >= 4 is 21.7 Å². The Morgan fingerprint density at radius 2 is 2.50 bits per heavy atom. The number of nitrogens with zero attached hydrogens (tertiary/aromatic N) is 2. The van der Waals surface area contributed by atoms with Gasteiger partial charge in [-0.2, -0.15) is 5.26 Å². The van der Waals surface area contributed by atoms with Crippen LogP contribution in [0.25, 0.3) is 0 Å². The Labute approximate surface area is 66.8 Å². The molecule has 10 heavy (non-hydrogen) atoms. The highest BCUT2D eigenvalue weighted by molar-refractivity contribution is 9.10. The second-order valence-electron chi connectivity index (χ2n) is 1.57. The minimum absolute atomic E-state index is 0.546. The van der Waals surface area contributed by atoms with E-state index in [0.29, 0.717) is 5.82 Å². The van der Waals surface area contributed by atoms with Gasteiger partial charge in [-0.05, 0) is 28.1 Å². The van der Waals surface area contributed by atoms with Crippen LogP contribution in [0.2, 0.25) is 0 Å². The predicted molar refractivity (Wildman–Crippen MR) is 41.2 cm³/mol. The van der Waals surface area contributed by atoms with Gasteiger partial charge in [-0.25, -0.2) is 4.98 Å². The van der Waals surface area contributed by atoms with E-state index in [-0.39, 0.29) is 0 Å². The van der Waals surface area contributed by atoms with Gasteiger partial charge in [0.05, 0.1) is 4.47 Å². The molecule has 1 rings (SSSR count). The molecule has 0 fully saturated rings. The summed E-state index contributed by atoms with van der Waals surface area (Å²) in [5.74, 6) is 0.546. The number of nitriles is 1. The average Bonchev–Trinajstić information content (AvgIpc) is 1.94. The van der Waals surface area contributed by atoms with Gasteiger partial charge in [0.1, 0.15) is 0 Å². The van der Waals surface area contributed by atoms with Crippen molar-refractivity contribution in [1.29, 1.82) is 5.26 Å². The Bertz CT molecular complexity index is 266. The largest absolute Gasteiger partial charge is 0.276 e. The minimum atomic E-state index is 0.546. The Balaban J connectivity index is 2.94. The molecule has 3 nitrogen and oxygen atoms in total. The van der Waals surface area contributed by atoms with Gasteiger partial charge in [0.25, 0.3) is 0 Å². The molecular formula is C6H4BrN3. The van der Waals surface area contributed by atoms with E-state index in [9.17, 15) is 0 Å². The third kappa shape index (κ3) is 1.45. The summed E-state index contributed by atoms with van der Waals surface area (Å²) in [6.45, 7) is 0. The Kier molecular flexibility index (Phi) is 2.24. The number of pyridine rings is 1. The van der Waals surface area contributed by atoms with Crippen molar-refractivity contribution < 1.29 is 0 Å². The molecule has 0 saturated heterocycles. The first kappa shape index (κ1) is 7.03. The lowest BCUT2D eigenvalue weighted by Gasteiger charge is -1.96. The zero-order chi connectivity index (χ0) is 7.40. The van der Waals surface area contributed by atoms with Gasteiger partial charge in [0.2, 0.25) is 0 Å². The number of halogens is 1. The molecule has 0 aromatic carbocycles. The molecule has 1 heterocycles. The number of rotatable bonds is 1. The van der Waals surface area contributed by atoms with Crippen molar-refractivity contribution in [2.45, 2.75) is 0 Å². The number of nitrogens with one attached hydrogen (secondary N) is 1. The number of hydrogen-bond donors (Lipinski definition) is 1. The van der Waals surface area contributed by atoms with Gasteiger partial charge >= 0.3 is 0 Å². The van der Waals surface area contributed by atoms with Gasteiger partial charge in [-0.1, -0.05) is 0 Å². The van der Waals surface area contributed by atoms with E-state index in [4.69, 9.17) is 5.26 Å². The summed E-state index contributed by atoms with van der Waals surface area (Å²) in [4.78, 5) is 3.89. The van der Waals surface area contributed by atoms with Crippen LogP contribution in [0.4, 0.5) is 5.82 Å². The summed E-state index contributed by atoms with van der Waals surface area (Å²) in [7, 11) is 0. The summed E-state index contributed by atoms with van der Waals surface area (Å²) >= 11 is 3.22. The van der Waals surface area contributed by atoms with Crippen LogP contribution in [0.15, 0.2) is 22.8 Å². The summed E-state index contributed by atoms with van der Waals surface area (Å²) < 4.78 is 0.788. The summed E-state index contributed by atoms with van der Waals surface area (Å²) in [6.07, 6.45) is 3.40. The van der Waals surface area contributed by atoms with Crippen LogP contribution >= 0.6 is 15.9 Å². The zero-order valence-electron chi connectivity index (χ0n) is 5.00. The normalized spacial score (nSPS) is 8.40. The Hall–Kier alpha value is -1.08. The van der Waals surface area contributed by atoms with Crippen molar-refractivity contribution in [1.82, 2.24) is 4.98 Å². The van der Waals surface area contributed by atoms with Crippen LogP contribution in [0, 0.1) is 11.5 Å². The smallest absolute Gasteiger partial charge is 0.182 e. The third-order valence-corrected chi connectivity index (χ3v) is 1.57. The fraction of sp³-hybridized carbons (Fsp3) is 0. The maximum atomic E-state index is 8.22. The van der Waals surface area contributed by atoms with Crippen LogP contribution in [-0.2, 0) is 0 Å². The van der Waals surface area contributed by atoms with E-state index in [1.165, 1.54) is 0 Å². The maximum Gasteiger partial charge on any atom is 0.182 e. The topological polar surface area (TPSA) is 48.7 Å². The fourth-order valence-electron chi connectivity index (χ4n) is 0.531. The average molecular weight is 198 g/mol. The number of anilines is 1. The predicted octanol–water partition coefficient (Wildman–Crippen LogP) is 1.74. The molecule has 0 saturated carbocycles. The summed E-state index contributed by atoms with van der Waals surface area (Å²) in [5, 5.41) is 10.6. The number of aromatic nitrogens is 1. The molecule has 1 N–H and O–H groups in total. The maximum absolute atomic E-state index is 8.22. The molecule has 0 atom stereocenters. The third-order valence-electron chi connectivity index (χ3n) is 0.933. The standard InChI is InChI=1S/C6H4BrN3/c7-5-2-1-3-9-6(5)10-4-8/h1-3H,(H,9,10). The second kappa shape index (κ2) is 3.18. The van der Waals surface area contributed by atoms with Crippen LogP contribution in [0.3, 0.4) is 0 Å². The highest BCUT2D eigenvalue weighted by Crippen LogP contribution is 2.17. The summed E-state index contributed by atoms with van der Waals surface area (Å²) in [5.41, 5.74) is 0. The van der Waals surface area contributed by atoms with E-state index in [1.807, 2.05) is 6.07 Å². The zero-order valence-corrected chi connectivity index (χ0v) is 6.59. The SMILES string of the molecule is N#CNc1ncccc1Br. The molecule has 1 aromatic rings. The first-order valence-electron chi connectivity index (χ1n) is 2.60. The van der Waals surface area contributed by atoms with Gasteiger partial charge in [-0.3, -0.25) is 5.32 Å². The molecule has 0 radical (unpaired) electrons. The van der Waals surface area contributed by atoms with E-state index in [1.54, 1.807) is 18.5 Å². The lowest BCUT2D eigenvalue weighted by Crippen LogP contribution is -1.90. The number of hydrogen-bond acceptors (Lipinski definition) is 3. The summed E-state index contributed by atoms with van der Waals surface area (Å²) in [6, 6.07) is 3.60. The van der Waals surface area contributed by atoms with Crippen LogP contribution in [-0.4, -0.2) is 4.98 Å². The highest BCUT2D eigenvalue weighted by Gasteiger charge is 1.95. The molecule has 0 bridgehead atoms. The molecule has 0 aliphatic rings. The Morgan fingerprint density at radius 1 is 1.70 bits per heavy atom. The monoisotopic (exact) mass is 197 g/mol. The van der Waals surface area contributed by atoms with Gasteiger partial charge < -0.3 is 0 Å². The van der Waals surface area contributed by atoms with Crippen LogP contribution < -0.4 is 5.32 Å². The molecule has 4 heteroatoms. The first-order valence-corrected chi connectivity index (χ1v) is 3.39. The van der Waals surface area contributed by atoms with E-state index >= 15 is 0 Å². The van der Waals surface area contributed by atoms with Gasteiger partial charge in [0.15, 0.2) is 12.0 Å². The molecule has 0 aliphatic carbocycles. The van der Waals surface area contributed by atoms with Crippen LogP contribution in [0.5, 0.6) is 0 Å². The van der Waals surface area contributed by atoms with Crippen molar-refractivity contribution in [3.63, 3.8) is 0 Å². The van der Waals surface area contributed by atoms with E-state index in [2.05, 4.69) is 26.2 Å². The van der Waals surface area contributed by atoms with Crippen molar-refractivity contribution in [3.05, 3.63) is 22.8 Å². The molecule has 0 aliphatic heterocycles. The molecular weight excluding hydrogens is 194 g/mol. The van der Waals surface area contributed by atoms with E-state index < -0.39 is 0 Å². The molecule has 0 unspecified atom stereocenters. The lowest BCUT2D eigenvalue weighted by molar-refractivity contribution is 1.29. The van der Waals surface area contributed by atoms with Crippen molar-refractivity contribution in [2.24, 2.45) is 0 Å². The Morgan fingerprint density at radius 3 is 3.10 bits per heavy atom. The van der Waals surface area contributed by atoms with Crippen molar-refractivity contribution in [2.75, 3.05) is 5.32 Å². The molecule has 0 spiro atoms. The molecule has 50 valence electrons. The van der Waals surface area contributed by atoms with Crippen molar-refractivity contribution in [3.8, 4) is 6.19 Å². The molecule has 0 amide bonds. The lowest BCUT2D eigenvalue weighted by atomic mass is 10.5. The highest BCUT2D eigenvalue weighted by atomic mass is 79.9. The molecule has 1 aromatic heterocycles. The second-order valence-corrected chi connectivity index (χ2v) is 2.42. The minimum Gasteiger partial charge on any atom is -0.276 e. The fourth-order valence-corrected chi connectivity index (χ4v) is 0.885. The van der Waals surface area contributed by atoms with E-state index in [0.717, 1.165) is 4.47 Å².